The molecule has 190 valence electrons. The van der Waals surface area contributed by atoms with Crippen molar-refractivity contribution < 1.29 is 9.53 Å². The van der Waals surface area contributed by atoms with Crippen molar-refractivity contribution in [1.29, 1.82) is 0 Å². The molecule has 0 amide bonds. The van der Waals surface area contributed by atoms with Crippen molar-refractivity contribution in [2.24, 2.45) is 0 Å². The highest BCUT2D eigenvalue weighted by Gasteiger charge is 2.36. The van der Waals surface area contributed by atoms with E-state index in [0.717, 1.165) is 62.6 Å². The lowest BCUT2D eigenvalue weighted by Crippen LogP contribution is -2.47. The zero-order valence-corrected chi connectivity index (χ0v) is 22.2. The van der Waals surface area contributed by atoms with Gasteiger partial charge in [-0.1, -0.05) is 73.1 Å². The fourth-order valence-electron chi connectivity index (χ4n) is 4.92. The summed E-state index contributed by atoms with van der Waals surface area (Å²) in [7, 11) is 0. The SMILES string of the molecule is CCCOC(=O)C(C)(CCCN1CCN(c2ccc(-c3ccc(Cl)cc3)cc2)CC1)c1ccccc1. The van der Waals surface area contributed by atoms with E-state index < -0.39 is 5.41 Å². The first-order valence-corrected chi connectivity index (χ1v) is 13.4. The van der Waals surface area contributed by atoms with Crippen LogP contribution in [-0.4, -0.2) is 50.2 Å². The monoisotopic (exact) mass is 504 g/mol. The Morgan fingerprint density at radius 2 is 1.50 bits per heavy atom. The van der Waals surface area contributed by atoms with Gasteiger partial charge in [0.15, 0.2) is 0 Å². The van der Waals surface area contributed by atoms with Gasteiger partial charge in [-0.3, -0.25) is 9.69 Å². The molecule has 4 nitrogen and oxygen atoms in total. The van der Waals surface area contributed by atoms with Crippen molar-refractivity contribution in [3.63, 3.8) is 0 Å². The van der Waals surface area contributed by atoms with Gasteiger partial charge in [-0.15, -0.1) is 0 Å². The summed E-state index contributed by atoms with van der Waals surface area (Å²) in [6.07, 6.45) is 2.58. The number of carbonyl (C=O) groups excluding carboxylic acids is 1. The fraction of sp³-hybridized carbons (Fsp3) is 0.387. The molecular formula is C31H37ClN2O2. The average Bonchev–Trinajstić information content (AvgIpc) is 2.93. The molecule has 1 saturated heterocycles. The first-order valence-electron chi connectivity index (χ1n) is 13.1. The van der Waals surface area contributed by atoms with E-state index in [2.05, 4.69) is 46.2 Å². The minimum atomic E-state index is -0.607. The van der Waals surface area contributed by atoms with Crippen LogP contribution in [-0.2, 0) is 14.9 Å². The number of halogens is 1. The van der Waals surface area contributed by atoms with Crippen molar-refractivity contribution in [2.45, 2.75) is 38.5 Å². The number of carbonyl (C=O) groups is 1. The molecule has 1 aliphatic rings. The van der Waals surface area contributed by atoms with E-state index >= 15 is 0 Å². The van der Waals surface area contributed by atoms with Crippen LogP contribution < -0.4 is 4.90 Å². The first kappa shape index (κ1) is 26.2. The van der Waals surface area contributed by atoms with Crippen LogP contribution in [0.3, 0.4) is 0 Å². The largest absolute Gasteiger partial charge is 0.465 e. The number of hydrogen-bond acceptors (Lipinski definition) is 4. The van der Waals surface area contributed by atoms with Crippen LogP contribution in [0.15, 0.2) is 78.9 Å². The summed E-state index contributed by atoms with van der Waals surface area (Å²) < 4.78 is 5.59. The molecule has 0 radical (unpaired) electrons. The molecule has 3 aromatic rings. The van der Waals surface area contributed by atoms with Gasteiger partial charge in [0.25, 0.3) is 0 Å². The number of esters is 1. The van der Waals surface area contributed by atoms with Gasteiger partial charge in [0.1, 0.15) is 0 Å². The summed E-state index contributed by atoms with van der Waals surface area (Å²) in [5.74, 6) is -0.109. The number of rotatable bonds is 10. The van der Waals surface area contributed by atoms with Crippen molar-refractivity contribution in [3.05, 3.63) is 89.4 Å². The van der Waals surface area contributed by atoms with Gasteiger partial charge < -0.3 is 9.64 Å². The molecule has 1 atom stereocenters. The minimum absolute atomic E-state index is 0.109. The predicted molar refractivity (Wildman–Crippen MR) is 150 cm³/mol. The molecule has 5 heteroatoms. The van der Waals surface area contributed by atoms with Gasteiger partial charge in [0, 0.05) is 36.9 Å². The highest BCUT2D eigenvalue weighted by molar-refractivity contribution is 6.30. The van der Waals surface area contributed by atoms with Gasteiger partial charge in [-0.05, 0) is 73.7 Å². The maximum absolute atomic E-state index is 13.0. The Bertz CT molecular complexity index is 1090. The number of piperazine rings is 1. The van der Waals surface area contributed by atoms with Crippen LogP contribution in [0.2, 0.25) is 5.02 Å². The second kappa shape index (κ2) is 12.4. The van der Waals surface area contributed by atoms with Crippen molar-refractivity contribution >= 4 is 23.3 Å². The standard InChI is InChI=1S/C31H37ClN2O2/c1-3-24-36-30(35)31(2,27-8-5-4-6-9-27)18-7-19-33-20-22-34(23-21-33)29-16-12-26(13-17-29)25-10-14-28(32)15-11-25/h4-6,8-17H,3,7,18-24H2,1-2H3. The molecule has 0 bridgehead atoms. The van der Waals surface area contributed by atoms with Crippen molar-refractivity contribution in [1.82, 2.24) is 4.90 Å². The third-order valence-electron chi connectivity index (χ3n) is 7.23. The lowest BCUT2D eigenvalue weighted by molar-refractivity contribution is -0.150. The minimum Gasteiger partial charge on any atom is -0.465 e. The summed E-state index contributed by atoms with van der Waals surface area (Å²) >= 11 is 6.02. The molecule has 4 rings (SSSR count). The molecule has 0 aliphatic carbocycles. The molecule has 1 fully saturated rings. The molecule has 0 saturated carbocycles. The number of benzene rings is 3. The number of hydrogen-bond donors (Lipinski definition) is 0. The summed E-state index contributed by atoms with van der Waals surface area (Å²) in [6.45, 7) is 9.61. The third-order valence-corrected chi connectivity index (χ3v) is 7.48. The van der Waals surface area contributed by atoms with Gasteiger partial charge in [-0.25, -0.2) is 0 Å². The quantitative estimate of drug-likeness (QED) is 0.283. The maximum atomic E-state index is 13.0. The van der Waals surface area contributed by atoms with Gasteiger partial charge in [-0.2, -0.15) is 0 Å². The molecule has 36 heavy (non-hydrogen) atoms. The van der Waals surface area contributed by atoms with Crippen LogP contribution in [0.5, 0.6) is 0 Å². The summed E-state index contributed by atoms with van der Waals surface area (Å²) in [4.78, 5) is 18.0. The Morgan fingerprint density at radius 3 is 2.11 bits per heavy atom. The average molecular weight is 505 g/mol. The second-order valence-electron chi connectivity index (χ2n) is 9.82. The van der Waals surface area contributed by atoms with Crippen LogP contribution >= 0.6 is 11.6 Å². The summed E-state index contributed by atoms with van der Waals surface area (Å²) in [5.41, 5.74) is 4.08. The van der Waals surface area contributed by atoms with Crippen molar-refractivity contribution in [2.75, 3.05) is 44.2 Å². The predicted octanol–water partition coefficient (Wildman–Crippen LogP) is 6.82. The Hall–Kier alpha value is -2.82. The van der Waals surface area contributed by atoms with Gasteiger partial charge in [0.05, 0.1) is 12.0 Å². The number of anilines is 1. The maximum Gasteiger partial charge on any atom is 0.316 e. The zero-order chi connectivity index (χ0) is 25.4. The van der Waals surface area contributed by atoms with E-state index in [4.69, 9.17) is 16.3 Å². The first-order chi connectivity index (χ1) is 17.5. The molecule has 1 unspecified atom stereocenters. The molecule has 0 N–H and O–H groups in total. The Balaban J connectivity index is 1.29. The smallest absolute Gasteiger partial charge is 0.316 e. The highest BCUT2D eigenvalue weighted by atomic mass is 35.5. The van der Waals surface area contributed by atoms with E-state index in [1.165, 1.54) is 16.8 Å². The van der Waals surface area contributed by atoms with Gasteiger partial charge >= 0.3 is 5.97 Å². The van der Waals surface area contributed by atoms with Crippen LogP contribution in [0, 0.1) is 0 Å². The normalized spacial score (nSPS) is 15.9. The number of nitrogens with zero attached hydrogens (tertiary/aromatic N) is 2. The molecule has 0 aromatic heterocycles. The molecule has 0 spiro atoms. The number of ether oxygens (including phenoxy) is 1. The topological polar surface area (TPSA) is 32.8 Å². The second-order valence-corrected chi connectivity index (χ2v) is 10.3. The Morgan fingerprint density at radius 1 is 0.889 bits per heavy atom. The van der Waals surface area contributed by atoms with E-state index in [1.807, 2.05) is 56.3 Å². The summed E-state index contributed by atoms with van der Waals surface area (Å²) in [5, 5.41) is 0.759. The van der Waals surface area contributed by atoms with E-state index in [1.54, 1.807) is 0 Å². The van der Waals surface area contributed by atoms with E-state index in [0.29, 0.717) is 6.61 Å². The third kappa shape index (κ3) is 6.48. The molecule has 1 aliphatic heterocycles. The van der Waals surface area contributed by atoms with Gasteiger partial charge in [0.2, 0.25) is 0 Å². The lowest BCUT2D eigenvalue weighted by atomic mass is 9.78. The van der Waals surface area contributed by atoms with Crippen LogP contribution in [0.4, 0.5) is 5.69 Å². The fourth-order valence-corrected chi connectivity index (χ4v) is 5.04. The van der Waals surface area contributed by atoms with E-state index in [-0.39, 0.29) is 5.97 Å². The molecular weight excluding hydrogens is 468 g/mol. The summed E-state index contributed by atoms with van der Waals surface area (Å²) in [6, 6.07) is 26.9. The highest BCUT2D eigenvalue weighted by Crippen LogP contribution is 2.31. The molecule has 3 aromatic carbocycles. The Labute approximate surface area is 220 Å². The van der Waals surface area contributed by atoms with Crippen LogP contribution in [0.1, 0.15) is 38.7 Å². The zero-order valence-electron chi connectivity index (χ0n) is 21.5. The lowest BCUT2D eigenvalue weighted by Gasteiger charge is -2.37. The Kier molecular flexibility index (Phi) is 9.06. The van der Waals surface area contributed by atoms with Crippen LogP contribution in [0.25, 0.3) is 11.1 Å². The van der Waals surface area contributed by atoms with Crippen molar-refractivity contribution in [3.8, 4) is 11.1 Å². The van der Waals surface area contributed by atoms with E-state index in [9.17, 15) is 4.79 Å². The molecule has 1 heterocycles.